The van der Waals surface area contributed by atoms with Crippen LogP contribution >= 0.6 is 27.5 Å². The molecule has 6 heteroatoms. The lowest BCUT2D eigenvalue weighted by Gasteiger charge is -2.09. The van der Waals surface area contributed by atoms with E-state index in [2.05, 4.69) is 26.2 Å². The average molecular weight is 341 g/mol. The van der Waals surface area contributed by atoms with Crippen molar-refractivity contribution in [2.75, 3.05) is 11.1 Å². The maximum atomic E-state index is 12.2. The third-order valence-corrected chi connectivity index (χ3v) is 3.44. The fourth-order valence-corrected chi connectivity index (χ4v) is 2.19. The van der Waals surface area contributed by atoms with Crippen LogP contribution in [-0.2, 0) is 0 Å². The number of nitrogens with zero attached hydrogens (tertiary/aromatic N) is 1. The molecule has 2 rings (SSSR count). The van der Waals surface area contributed by atoms with Crippen LogP contribution in [0.3, 0.4) is 0 Å². The van der Waals surface area contributed by atoms with Crippen LogP contribution in [-0.4, -0.2) is 10.9 Å². The second-order valence-electron chi connectivity index (χ2n) is 3.96. The predicted molar refractivity (Wildman–Crippen MR) is 80.5 cm³/mol. The number of hydrogen-bond donors (Lipinski definition) is 2. The highest BCUT2D eigenvalue weighted by Crippen LogP contribution is 2.22. The van der Waals surface area contributed by atoms with Gasteiger partial charge in [0, 0.05) is 10.2 Å². The lowest BCUT2D eigenvalue weighted by molar-refractivity contribution is 0.102. The zero-order chi connectivity index (χ0) is 14.0. The first kappa shape index (κ1) is 13.8. The first-order valence-electron chi connectivity index (χ1n) is 5.47. The molecular weight excluding hydrogens is 330 g/mol. The molecule has 0 saturated carbocycles. The van der Waals surface area contributed by atoms with Gasteiger partial charge in [0.05, 0.1) is 16.9 Å². The van der Waals surface area contributed by atoms with E-state index in [1.807, 2.05) is 0 Å². The van der Waals surface area contributed by atoms with E-state index >= 15 is 0 Å². The highest BCUT2D eigenvalue weighted by molar-refractivity contribution is 9.10. The topological polar surface area (TPSA) is 68.0 Å². The number of pyridine rings is 1. The molecule has 2 aromatic rings. The molecule has 0 fully saturated rings. The molecule has 1 aromatic heterocycles. The number of anilines is 2. The molecule has 0 aliphatic heterocycles. The van der Waals surface area contributed by atoms with Crippen molar-refractivity contribution in [3.63, 3.8) is 0 Å². The minimum atomic E-state index is -0.258. The maximum absolute atomic E-state index is 12.2. The molecule has 0 unspecified atom stereocenters. The Morgan fingerprint density at radius 2 is 2.11 bits per heavy atom. The fourth-order valence-electron chi connectivity index (χ4n) is 1.57. The zero-order valence-electron chi connectivity index (χ0n) is 10.1. The molecule has 0 bridgehead atoms. The second-order valence-corrected chi connectivity index (χ2v) is 5.20. The van der Waals surface area contributed by atoms with Crippen LogP contribution < -0.4 is 11.1 Å². The van der Waals surface area contributed by atoms with Gasteiger partial charge >= 0.3 is 0 Å². The second kappa shape index (κ2) is 5.59. The number of rotatable bonds is 2. The quantitative estimate of drug-likeness (QED) is 0.648. The number of aryl methyl sites for hydroxylation is 1. The summed E-state index contributed by atoms with van der Waals surface area (Å²) >= 11 is 9.09. The van der Waals surface area contributed by atoms with Crippen molar-refractivity contribution in [3.05, 3.63) is 51.2 Å². The smallest absolute Gasteiger partial charge is 0.256 e. The SMILES string of the molecule is Cc1nc(Cl)ccc1NC(=O)c1cc(N)ccc1Br. The van der Waals surface area contributed by atoms with Crippen LogP contribution in [0.2, 0.25) is 5.15 Å². The van der Waals surface area contributed by atoms with Gasteiger partial charge in [0.25, 0.3) is 5.91 Å². The lowest BCUT2D eigenvalue weighted by atomic mass is 10.2. The van der Waals surface area contributed by atoms with Gasteiger partial charge in [-0.1, -0.05) is 11.6 Å². The molecule has 19 heavy (non-hydrogen) atoms. The number of carbonyl (C=O) groups is 1. The summed E-state index contributed by atoms with van der Waals surface area (Å²) in [5.41, 5.74) is 7.94. The van der Waals surface area contributed by atoms with E-state index in [4.69, 9.17) is 17.3 Å². The molecule has 1 amide bonds. The number of halogens is 2. The van der Waals surface area contributed by atoms with E-state index in [0.29, 0.717) is 32.3 Å². The number of amides is 1. The van der Waals surface area contributed by atoms with Crippen LogP contribution in [0.5, 0.6) is 0 Å². The van der Waals surface area contributed by atoms with E-state index in [-0.39, 0.29) is 5.91 Å². The number of aromatic nitrogens is 1. The molecule has 0 spiro atoms. The molecule has 98 valence electrons. The summed E-state index contributed by atoms with van der Waals surface area (Å²) in [6, 6.07) is 8.40. The minimum absolute atomic E-state index is 0.258. The molecule has 0 radical (unpaired) electrons. The highest BCUT2D eigenvalue weighted by Gasteiger charge is 2.12. The standard InChI is InChI=1S/C13H11BrClN3O/c1-7-11(4-5-12(15)17-7)18-13(19)9-6-8(16)2-3-10(9)14/h2-6H,16H2,1H3,(H,18,19). The Hall–Kier alpha value is -1.59. The normalized spacial score (nSPS) is 10.3. The summed E-state index contributed by atoms with van der Waals surface area (Å²) in [6.07, 6.45) is 0. The van der Waals surface area contributed by atoms with Crippen LogP contribution in [0.15, 0.2) is 34.8 Å². The van der Waals surface area contributed by atoms with E-state index < -0.39 is 0 Å². The third kappa shape index (κ3) is 3.24. The fraction of sp³-hybridized carbons (Fsp3) is 0.0769. The molecule has 0 atom stereocenters. The Bertz CT molecular complexity index is 646. The Morgan fingerprint density at radius 1 is 1.37 bits per heavy atom. The molecule has 3 N–H and O–H groups in total. The van der Waals surface area contributed by atoms with Crippen molar-refractivity contribution >= 4 is 44.8 Å². The van der Waals surface area contributed by atoms with Gasteiger partial charge in [-0.05, 0) is 53.2 Å². The van der Waals surface area contributed by atoms with Gasteiger partial charge in [-0.15, -0.1) is 0 Å². The summed E-state index contributed by atoms with van der Waals surface area (Å²) in [5, 5.41) is 3.17. The molecule has 0 aliphatic carbocycles. The Morgan fingerprint density at radius 3 is 2.79 bits per heavy atom. The predicted octanol–water partition coefficient (Wildman–Crippen LogP) is 3.64. The number of carbonyl (C=O) groups excluding carboxylic acids is 1. The third-order valence-electron chi connectivity index (χ3n) is 2.54. The van der Waals surface area contributed by atoms with Crippen molar-refractivity contribution in [1.29, 1.82) is 0 Å². The van der Waals surface area contributed by atoms with Crippen LogP contribution in [0.1, 0.15) is 16.1 Å². The summed E-state index contributed by atoms with van der Waals surface area (Å²) in [5.74, 6) is -0.258. The van der Waals surface area contributed by atoms with Crippen molar-refractivity contribution in [2.24, 2.45) is 0 Å². The number of nitrogens with two attached hydrogens (primary N) is 1. The van der Waals surface area contributed by atoms with Crippen molar-refractivity contribution in [3.8, 4) is 0 Å². The molecule has 4 nitrogen and oxygen atoms in total. The van der Waals surface area contributed by atoms with E-state index in [9.17, 15) is 4.79 Å². The number of nitrogen functional groups attached to an aromatic ring is 1. The number of hydrogen-bond acceptors (Lipinski definition) is 3. The monoisotopic (exact) mass is 339 g/mol. The van der Waals surface area contributed by atoms with Crippen molar-refractivity contribution in [2.45, 2.75) is 6.92 Å². The molecule has 0 saturated heterocycles. The van der Waals surface area contributed by atoms with Crippen molar-refractivity contribution in [1.82, 2.24) is 4.98 Å². The maximum Gasteiger partial charge on any atom is 0.256 e. The largest absolute Gasteiger partial charge is 0.399 e. The molecule has 1 aromatic carbocycles. The Kier molecular flexibility index (Phi) is 4.07. The van der Waals surface area contributed by atoms with Gasteiger partial charge < -0.3 is 11.1 Å². The van der Waals surface area contributed by atoms with Crippen LogP contribution in [0.25, 0.3) is 0 Å². The van der Waals surface area contributed by atoms with Gasteiger partial charge in [0.1, 0.15) is 5.15 Å². The zero-order valence-corrected chi connectivity index (χ0v) is 12.4. The van der Waals surface area contributed by atoms with Gasteiger partial charge in [0.2, 0.25) is 0 Å². The van der Waals surface area contributed by atoms with Crippen LogP contribution in [0.4, 0.5) is 11.4 Å². The highest BCUT2D eigenvalue weighted by atomic mass is 79.9. The van der Waals surface area contributed by atoms with Crippen molar-refractivity contribution < 1.29 is 4.79 Å². The van der Waals surface area contributed by atoms with Crippen LogP contribution in [0, 0.1) is 6.92 Å². The lowest BCUT2D eigenvalue weighted by Crippen LogP contribution is -2.14. The molecular formula is C13H11BrClN3O. The molecule has 1 heterocycles. The van der Waals surface area contributed by atoms with E-state index in [1.54, 1.807) is 37.3 Å². The number of nitrogens with one attached hydrogen (secondary N) is 1. The van der Waals surface area contributed by atoms with Gasteiger partial charge in [-0.25, -0.2) is 4.98 Å². The first-order chi connectivity index (χ1) is 8.97. The summed E-state index contributed by atoms with van der Waals surface area (Å²) < 4.78 is 0.679. The first-order valence-corrected chi connectivity index (χ1v) is 6.64. The van der Waals surface area contributed by atoms with Gasteiger partial charge in [-0.3, -0.25) is 4.79 Å². The average Bonchev–Trinajstić information content (AvgIpc) is 2.35. The molecule has 0 aliphatic rings. The Balaban J connectivity index is 2.28. The van der Waals surface area contributed by atoms with E-state index in [0.717, 1.165) is 0 Å². The van der Waals surface area contributed by atoms with E-state index in [1.165, 1.54) is 0 Å². The summed E-state index contributed by atoms with van der Waals surface area (Å²) in [4.78, 5) is 16.2. The van der Waals surface area contributed by atoms with Gasteiger partial charge in [-0.2, -0.15) is 0 Å². The number of benzene rings is 1. The van der Waals surface area contributed by atoms with Gasteiger partial charge in [0.15, 0.2) is 0 Å². The Labute approximate surface area is 124 Å². The minimum Gasteiger partial charge on any atom is -0.399 e. The summed E-state index contributed by atoms with van der Waals surface area (Å²) in [7, 11) is 0. The summed E-state index contributed by atoms with van der Waals surface area (Å²) in [6.45, 7) is 1.77.